The third-order valence-electron chi connectivity index (χ3n) is 10.2. The topological polar surface area (TPSA) is 109 Å². The SMILES string of the molecule is CCCCCCCCC(CCCCCC)C(=O)OCCCCCCOC(O)C1CC(N(C)CCCCO)CN1CCCCCCOC(C)=O. The minimum Gasteiger partial charge on any atom is -0.466 e. The number of hydrogen-bond acceptors (Lipinski definition) is 9. The van der Waals surface area contributed by atoms with Gasteiger partial charge in [0.15, 0.2) is 6.29 Å². The van der Waals surface area contributed by atoms with Gasteiger partial charge in [0, 0.05) is 32.7 Å². The number of aliphatic hydroxyl groups excluding tert-OH is 2. The van der Waals surface area contributed by atoms with Crippen LogP contribution in [0.25, 0.3) is 0 Å². The molecule has 1 aliphatic rings. The molecule has 49 heavy (non-hydrogen) atoms. The van der Waals surface area contributed by atoms with Crippen LogP contribution < -0.4 is 0 Å². The number of likely N-dealkylation sites (tertiary alicyclic amines) is 1. The fraction of sp³-hybridized carbons (Fsp3) is 0.950. The van der Waals surface area contributed by atoms with E-state index in [2.05, 4.69) is 30.7 Å². The molecule has 0 aromatic rings. The minimum atomic E-state index is -0.818. The van der Waals surface area contributed by atoms with E-state index in [0.717, 1.165) is 116 Å². The highest BCUT2D eigenvalue weighted by atomic mass is 16.6. The van der Waals surface area contributed by atoms with Gasteiger partial charge in [0.25, 0.3) is 0 Å². The van der Waals surface area contributed by atoms with Crippen LogP contribution in [0.1, 0.15) is 168 Å². The van der Waals surface area contributed by atoms with Crippen molar-refractivity contribution < 1.29 is 34.0 Å². The number of nitrogens with zero attached hydrogens (tertiary/aromatic N) is 2. The Morgan fingerprint density at radius 2 is 1.29 bits per heavy atom. The van der Waals surface area contributed by atoms with E-state index in [4.69, 9.17) is 14.2 Å². The standard InChI is InChI=1S/C40H78N2O7/c1-5-7-9-11-12-18-26-36(25-17-10-8-6-2)39(45)48-31-23-15-16-24-32-49-40(46)38-33-37(41(4)27-20-21-29-43)34-42(38)28-19-13-14-22-30-47-35(3)44/h36-38,40,43,46H,5-34H2,1-4H3. The first kappa shape index (κ1) is 45.8. The zero-order valence-electron chi connectivity index (χ0n) is 32.4. The van der Waals surface area contributed by atoms with E-state index in [-0.39, 0.29) is 30.5 Å². The number of hydrogen-bond donors (Lipinski definition) is 2. The van der Waals surface area contributed by atoms with Crippen LogP contribution in [0.5, 0.6) is 0 Å². The zero-order chi connectivity index (χ0) is 36.0. The molecule has 1 heterocycles. The van der Waals surface area contributed by atoms with Gasteiger partial charge in [-0.15, -0.1) is 0 Å². The summed E-state index contributed by atoms with van der Waals surface area (Å²) in [7, 11) is 2.14. The van der Waals surface area contributed by atoms with Crippen molar-refractivity contribution in [1.29, 1.82) is 0 Å². The molecule has 0 saturated carbocycles. The molecule has 0 aliphatic carbocycles. The van der Waals surface area contributed by atoms with Gasteiger partial charge in [-0.25, -0.2) is 0 Å². The molecular formula is C40H78N2O7. The molecule has 1 rings (SSSR count). The number of likely N-dealkylation sites (N-methyl/N-ethyl adjacent to an activating group) is 1. The summed E-state index contributed by atoms with van der Waals surface area (Å²) in [6.45, 7) is 10.4. The van der Waals surface area contributed by atoms with Crippen LogP contribution in [0.4, 0.5) is 0 Å². The highest BCUT2D eigenvalue weighted by molar-refractivity contribution is 5.72. The third-order valence-corrected chi connectivity index (χ3v) is 10.2. The van der Waals surface area contributed by atoms with Crippen molar-refractivity contribution >= 4 is 11.9 Å². The number of rotatable bonds is 34. The van der Waals surface area contributed by atoms with Crippen molar-refractivity contribution in [1.82, 2.24) is 9.80 Å². The second kappa shape index (κ2) is 31.5. The van der Waals surface area contributed by atoms with Crippen molar-refractivity contribution in [2.24, 2.45) is 5.92 Å². The first-order valence-electron chi connectivity index (χ1n) is 20.5. The Morgan fingerprint density at radius 3 is 1.92 bits per heavy atom. The number of unbranched alkanes of at least 4 members (excludes halogenated alkanes) is 15. The summed E-state index contributed by atoms with van der Waals surface area (Å²) >= 11 is 0. The smallest absolute Gasteiger partial charge is 0.308 e. The number of carbonyl (C=O) groups excluding carboxylic acids is 2. The maximum absolute atomic E-state index is 12.9. The number of carbonyl (C=O) groups is 2. The van der Waals surface area contributed by atoms with Gasteiger partial charge in [-0.1, -0.05) is 97.3 Å². The molecule has 9 heteroatoms. The molecule has 0 bridgehead atoms. The Hall–Kier alpha value is -1.26. The summed E-state index contributed by atoms with van der Waals surface area (Å²) in [6, 6.07) is 0.326. The molecule has 0 amide bonds. The fourth-order valence-corrected chi connectivity index (χ4v) is 6.96. The summed E-state index contributed by atoms with van der Waals surface area (Å²) in [5.41, 5.74) is 0. The summed E-state index contributed by atoms with van der Waals surface area (Å²) in [5, 5.41) is 20.3. The Bertz CT molecular complexity index is 786. The van der Waals surface area contributed by atoms with Gasteiger partial charge < -0.3 is 29.3 Å². The second-order valence-electron chi connectivity index (χ2n) is 14.6. The summed E-state index contributed by atoms with van der Waals surface area (Å²) in [5.74, 6) is -0.156. The molecule has 290 valence electrons. The van der Waals surface area contributed by atoms with Gasteiger partial charge >= 0.3 is 11.9 Å². The number of ether oxygens (including phenoxy) is 3. The highest BCUT2D eigenvalue weighted by Crippen LogP contribution is 2.26. The first-order valence-corrected chi connectivity index (χ1v) is 20.5. The lowest BCUT2D eigenvalue weighted by molar-refractivity contribution is -0.149. The van der Waals surface area contributed by atoms with Gasteiger partial charge in [-0.3, -0.25) is 14.5 Å². The van der Waals surface area contributed by atoms with Gasteiger partial charge in [0.05, 0.1) is 25.2 Å². The van der Waals surface area contributed by atoms with E-state index in [9.17, 15) is 19.8 Å². The Balaban J connectivity index is 2.38. The lowest BCUT2D eigenvalue weighted by Crippen LogP contribution is -2.41. The molecule has 0 spiro atoms. The van der Waals surface area contributed by atoms with Crippen LogP contribution in [-0.2, 0) is 23.8 Å². The molecule has 4 unspecified atom stereocenters. The Morgan fingerprint density at radius 1 is 0.735 bits per heavy atom. The van der Waals surface area contributed by atoms with Crippen molar-refractivity contribution in [3.05, 3.63) is 0 Å². The monoisotopic (exact) mass is 699 g/mol. The van der Waals surface area contributed by atoms with Crippen LogP contribution in [0.15, 0.2) is 0 Å². The largest absolute Gasteiger partial charge is 0.466 e. The van der Waals surface area contributed by atoms with Crippen LogP contribution in [0.2, 0.25) is 0 Å². The Kier molecular flexibility index (Phi) is 29.4. The lowest BCUT2D eigenvalue weighted by Gasteiger charge is -2.28. The summed E-state index contributed by atoms with van der Waals surface area (Å²) < 4.78 is 16.8. The molecule has 2 N–H and O–H groups in total. The maximum Gasteiger partial charge on any atom is 0.308 e. The van der Waals surface area contributed by atoms with Crippen LogP contribution in [0.3, 0.4) is 0 Å². The van der Waals surface area contributed by atoms with Crippen molar-refractivity contribution in [3.63, 3.8) is 0 Å². The normalized spacial score (nSPS) is 17.9. The maximum atomic E-state index is 12.9. The predicted molar refractivity (Wildman–Crippen MR) is 199 cm³/mol. The summed E-state index contributed by atoms with van der Waals surface area (Å²) in [4.78, 5) is 28.6. The van der Waals surface area contributed by atoms with E-state index in [1.54, 1.807) is 0 Å². The lowest BCUT2D eigenvalue weighted by atomic mass is 9.94. The number of aliphatic hydroxyl groups is 2. The first-order chi connectivity index (χ1) is 23.8. The number of esters is 2. The fourth-order valence-electron chi connectivity index (χ4n) is 6.96. The van der Waals surface area contributed by atoms with Crippen molar-refractivity contribution in [2.45, 2.75) is 187 Å². The quantitative estimate of drug-likeness (QED) is 0.0392. The van der Waals surface area contributed by atoms with E-state index < -0.39 is 6.29 Å². The van der Waals surface area contributed by atoms with Gasteiger partial charge in [0.1, 0.15) is 0 Å². The van der Waals surface area contributed by atoms with Gasteiger partial charge in [-0.05, 0) is 84.3 Å². The van der Waals surface area contributed by atoms with E-state index in [1.807, 2.05) is 0 Å². The minimum absolute atomic E-state index is 0.0111. The van der Waals surface area contributed by atoms with Crippen LogP contribution in [0, 0.1) is 5.92 Å². The van der Waals surface area contributed by atoms with E-state index in [0.29, 0.717) is 25.9 Å². The third kappa shape index (κ3) is 23.8. The van der Waals surface area contributed by atoms with Crippen molar-refractivity contribution in [3.8, 4) is 0 Å². The van der Waals surface area contributed by atoms with Crippen LogP contribution >= 0.6 is 0 Å². The van der Waals surface area contributed by atoms with Gasteiger partial charge in [-0.2, -0.15) is 0 Å². The molecule has 0 aromatic carbocycles. The average Bonchev–Trinajstić information content (AvgIpc) is 3.52. The zero-order valence-corrected chi connectivity index (χ0v) is 32.4. The van der Waals surface area contributed by atoms with E-state index >= 15 is 0 Å². The van der Waals surface area contributed by atoms with Gasteiger partial charge in [0.2, 0.25) is 0 Å². The Labute approximate surface area is 301 Å². The van der Waals surface area contributed by atoms with Crippen LogP contribution in [-0.4, -0.2) is 103 Å². The summed E-state index contributed by atoms with van der Waals surface area (Å²) in [6.07, 6.45) is 23.7. The molecule has 0 radical (unpaired) electrons. The molecule has 9 nitrogen and oxygen atoms in total. The molecule has 1 aliphatic heterocycles. The second-order valence-corrected chi connectivity index (χ2v) is 14.6. The molecule has 0 aromatic heterocycles. The molecule has 1 saturated heterocycles. The average molecular weight is 699 g/mol. The highest BCUT2D eigenvalue weighted by Gasteiger charge is 2.38. The molecular weight excluding hydrogens is 620 g/mol. The van der Waals surface area contributed by atoms with E-state index in [1.165, 1.54) is 58.3 Å². The van der Waals surface area contributed by atoms with Crippen molar-refractivity contribution in [2.75, 3.05) is 53.1 Å². The molecule has 1 fully saturated rings. The predicted octanol–water partition coefficient (Wildman–Crippen LogP) is 8.03. The molecule has 4 atom stereocenters.